The molecule has 0 spiro atoms. The van der Waals surface area contributed by atoms with Crippen molar-refractivity contribution in [3.05, 3.63) is 59.2 Å². The van der Waals surface area contributed by atoms with Crippen LogP contribution in [0, 0.1) is 0 Å². The molecule has 2 aromatic carbocycles. The minimum Gasteiger partial charge on any atom is -0.496 e. The van der Waals surface area contributed by atoms with Gasteiger partial charge in [0.05, 0.1) is 19.8 Å². The third-order valence-corrected chi connectivity index (χ3v) is 3.67. The van der Waals surface area contributed by atoms with Gasteiger partial charge in [-0.2, -0.15) is 13.2 Å². The number of rotatable bonds is 6. The Hall–Kier alpha value is -2.50. The Morgan fingerprint density at radius 1 is 0.958 bits per heavy atom. The van der Waals surface area contributed by atoms with Gasteiger partial charge in [0, 0.05) is 17.5 Å². The molecule has 0 aliphatic rings. The van der Waals surface area contributed by atoms with Crippen molar-refractivity contribution in [1.82, 2.24) is 0 Å². The first-order chi connectivity index (χ1) is 11.4. The Morgan fingerprint density at radius 3 is 1.96 bits per heavy atom. The van der Waals surface area contributed by atoms with E-state index in [4.69, 9.17) is 9.47 Å². The molecule has 0 saturated carbocycles. The number of carbonyl (C=O) groups excluding carboxylic acids is 1. The van der Waals surface area contributed by atoms with Crippen LogP contribution in [0.2, 0.25) is 0 Å². The summed E-state index contributed by atoms with van der Waals surface area (Å²) in [6, 6.07) is 9.53. The summed E-state index contributed by atoms with van der Waals surface area (Å²) in [6.45, 7) is 0. The van der Waals surface area contributed by atoms with Crippen molar-refractivity contribution in [2.24, 2.45) is 0 Å². The fourth-order valence-corrected chi connectivity index (χ4v) is 2.40. The number of ketones is 1. The maximum atomic E-state index is 12.5. The van der Waals surface area contributed by atoms with Gasteiger partial charge in [0.15, 0.2) is 5.78 Å². The van der Waals surface area contributed by atoms with E-state index in [1.54, 1.807) is 18.2 Å². The molecule has 0 amide bonds. The molecule has 128 valence electrons. The summed E-state index contributed by atoms with van der Waals surface area (Å²) in [5.41, 5.74) is 0.227. The van der Waals surface area contributed by atoms with Crippen molar-refractivity contribution in [2.75, 3.05) is 14.2 Å². The standard InChI is InChI=1S/C18H17F3O3/c1-23-16-4-3-5-17(24-2)14(16)10-11-15(22)12-6-8-13(9-7-12)18(19,20)21/h3-9H,10-11H2,1-2H3. The van der Waals surface area contributed by atoms with Crippen LogP contribution in [0.15, 0.2) is 42.5 Å². The lowest BCUT2D eigenvalue weighted by Gasteiger charge is -2.12. The van der Waals surface area contributed by atoms with E-state index in [1.807, 2.05) is 0 Å². The van der Waals surface area contributed by atoms with Gasteiger partial charge >= 0.3 is 6.18 Å². The summed E-state index contributed by atoms with van der Waals surface area (Å²) < 4.78 is 48.2. The Labute approximate surface area is 138 Å². The summed E-state index contributed by atoms with van der Waals surface area (Å²) in [4.78, 5) is 12.2. The van der Waals surface area contributed by atoms with Gasteiger partial charge < -0.3 is 9.47 Å². The van der Waals surface area contributed by atoms with E-state index in [-0.39, 0.29) is 17.8 Å². The van der Waals surface area contributed by atoms with Gasteiger partial charge in [-0.3, -0.25) is 4.79 Å². The highest BCUT2D eigenvalue weighted by molar-refractivity contribution is 5.96. The van der Waals surface area contributed by atoms with Crippen molar-refractivity contribution < 1.29 is 27.4 Å². The van der Waals surface area contributed by atoms with Gasteiger partial charge in [-0.05, 0) is 30.7 Å². The highest BCUT2D eigenvalue weighted by Crippen LogP contribution is 2.31. The number of Topliss-reactive ketones (excluding diaryl/α,β-unsaturated/α-hetero) is 1. The van der Waals surface area contributed by atoms with Crippen LogP contribution in [0.3, 0.4) is 0 Å². The second kappa shape index (κ2) is 7.38. The maximum Gasteiger partial charge on any atom is 0.416 e. The fourth-order valence-electron chi connectivity index (χ4n) is 2.40. The molecular weight excluding hydrogens is 321 g/mol. The van der Waals surface area contributed by atoms with Gasteiger partial charge in [0.25, 0.3) is 0 Å². The predicted molar refractivity (Wildman–Crippen MR) is 83.6 cm³/mol. The molecule has 0 atom stereocenters. The molecule has 6 heteroatoms. The van der Waals surface area contributed by atoms with Crippen LogP contribution >= 0.6 is 0 Å². The lowest BCUT2D eigenvalue weighted by molar-refractivity contribution is -0.137. The summed E-state index contributed by atoms with van der Waals surface area (Å²) in [5, 5.41) is 0. The summed E-state index contributed by atoms with van der Waals surface area (Å²) >= 11 is 0. The van der Waals surface area contributed by atoms with E-state index in [0.717, 1.165) is 17.7 Å². The largest absolute Gasteiger partial charge is 0.496 e. The number of hydrogen-bond acceptors (Lipinski definition) is 3. The second-order valence-corrected chi connectivity index (χ2v) is 5.14. The average Bonchev–Trinajstić information content (AvgIpc) is 2.58. The molecular formula is C18H17F3O3. The maximum absolute atomic E-state index is 12.5. The molecule has 0 radical (unpaired) electrons. The number of carbonyl (C=O) groups is 1. The third-order valence-electron chi connectivity index (χ3n) is 3.67. The molecule has 0 aromatic heterocycles. The van der Waals surface area contributed by atoms with Crippen LogP contribution < -0.4 is 9.47 Å². The summed E-state index contributed by atoms with van der Waals surface area (Å²) in [7, 11) is 3.05. The SMILES string of the molecule is COc1cccc(OC)c1CCC(=O)c1ccc(C(F)(F)F)cc1. The molecule has 3 nitrogen and oxygen atoms in total. The molecule has 0 fully saturated rings. The van der Waals surface area contributed by atoms with Crippen LogP contribution in [0.5, 0.6) is 11.5 Å². The zero-order valence-electron chi connectivity index (χ0n) is 13.3. The first-order valence-corrected chi connectivity index (χ1v) is 7.27. The third kappa shape index (κ3) is 4.07. The average molecular weight is 338 g/mol. The van der Waals surface area contributed by atoms with Crippen molar-refractivity contribution in [1.29, 1.82) is 0 Å². The normalized spacial score (nSPS) is 11.2. The van der Waals surface area contributed by atoms with E-state index in [0.29, 0.717) is 17.9 Å². The minimum absolute atomic E-state index is 0.141. The highest BCUT2D eigenvalue weighted by atomic mass is 19.4. The lowest BCUT2D eigenvalue weighted by atomic mass is 10.0. The zero-order valence-corrected chi connectivity index (χ0v) is 13.3. The lowest BCUT2D eigenvalue weighted by Crippen LogP contribution is -2.07. The van der Waals surface area contributed by atoms with Crippen molar-refractivity contribution in [2.45, 2.75) is 19.0 Å². The van der Waals surface area contributed by atoms with Gasteiger partial charge in [0.1, 0.15) is 11.5 Å². The van der Waals surface area contributed by atoms with E-state index >= 15 is 0 Å². The molecule has 0 bridgehead atoms. The monoisotopic (exact) mass is 338 g/mol. The first kappa shape index (κ1) is 17.8. The zero-order chi connectivity index (χ0) is 17.7. The summed E-state index contributed by atoms with van der Waals surface area (Å²) in [5.74, 6) is 0.973. The molecule has 0 N–H and O–H groups in total. The topological polar surface area (TPSA) is 35.5 Å². The van der Waals surface area contributed by atoms with Crippen LogP contribution in [-0.2, 0) is 12.6 Å². The minimum atomic E-state index is -4.41. The Kier molecular flexibility index (Phi) is 5.49. The summed E-state index contributed by atoms with van der Waals surface area (Å²) in [6.07, 6.45) is -3.90. The highest BCUT2D eigenvalue weighted by Gasteiger charge is 2.30. The molecule has 24 heavy (non-hydrogen) atoms. The predicted octanol–water partition coefficient (Wildman–Crippen LogP) is 4.54. The number of ether oxygens (including phenoxy) is 2. The van der Waals surface area contributed by atoms with Crippen LogP contribution in [0.25, 0.3) is 0 Å². The molecule has 0 saturated heterocycles. The number of benzene rings is 2. The van der Waals surface area contributed by atoms with Gasteiger partial charge in [-0.1, -0.05) is 18.2 Å². The Bertz CT molecular complexity index is 684. The van der Waals surface area contributed by atoms with Gasteiger partial charge in [-0.15, -0.1) is 0 Å². The number of hydrogen-bond donors (Lipinski definition) is 0. The van der Waals surface area contributed by atoms with Crippen LogP contribution in [0.4, 0.5) is 13.2 Å². The van der Waals surface area contributed by atoms with E-state index in [2.05, 4.69) is 0 Å². The molecule has 0 aliphatic carbocycles. The Balaban J connectivity index is 2.11. The molecule has 0 heterocycles. The van der Waals surface area contributed by atoms with E-state index in [9.17, 15) is 18.0 Å². The van der Waals surface area contributed by atoms with Crippen LogP contribution in [0.1, 0.15) is 27.9 Å². The molecule has 2 rings (SSSR count). The molecule has 2 aromatic rings. The van der Waals surface area contributed by atoms with Crippen LogP contribution in [-0.4, -0.2) is 20.0 Å². The number of alkyl halides is 3. The number of methoxy groups -OCH3 is 2. The molecule has 0 aliphatic heterocycles. The van der Waals surface area contributed by atoms with Gasteiger partial charge in [0.2, 0.25) is 0 Å². The van der Waals surface area contributed by atoms with Crippen molar-refractivity contribution in [3.8, 4) is 11.5 Å². The van der Waals surface area contributed by atoms with Crippen molar-refractivity contribution in [3.63, 3.8) is 0 Å². The number of halogens is 3. The Morgan fingerprint density at radius 2 is 1.50 bits per heavy atom. The first-order valence-electron chi connectivity index (χ1n) is 7.27. The fraction of sp³-hybridized carbons (Fsp3) is 0.278. The smallest absolute Gasteiger partial charge is 0.416 e. The van der Waals surface area contributed by atoms with E-state index in [1.165, 1.54) is 26.4 Å². The molecule has 0 unspecified atom stereocenters. The van der Waals surface area contributed by atoms with E-state index < -0.39 is 11.7 Å². The van der Waals surface area contributed by atoms with Crippen molar-refractivity contribution >= 4 is 5.78 Å². The second-order valence-electron chi connectivity index (χ2n) is 5.14. The quantitative estimate of drug-likeness (QED) is 0.726. The van der Waals surface area contributed by atoms with Gasteiger partial charge in [-0.25, -0.2) is 0 Å².